The van der Waals surface area contributed by atoms with Gasteiger partial charge in [-0.25, -0.2) is 0 Å². The summed E-state index contributed by atoms with van der Waals surface area (Å²) in [6.07, 6.45) is 6.90. The van der Waals surface area contributed by atoms with Crippen LogP contribution in [0.2, 0.25) is 0 Å². The number of aryl methyl sites for hydroxylation is 1. The molecule has 1 aliphatic carbocycles. The van der Waals surface area contributed by atoms with E-state index < -0.39 is 0 Å². The van der Waals surface area contributed by atoms with Gasteiger partial charge in [-0.1, -0.05) is 26.7 Å². The Morgan fingerprint density at radius 1 is 1.40 bits per heavy atom. The van der Waals surface area contributed by atoms with Crippen molar-refractivity contribution in [3.8, 4) is 5.75 Å². The average Bonchev–Trinajstić information content (AvgIpc) is 2.44. The van der Waals surface area contributed by atoms with Crippen LogP contribution >= 0.6 is 0 Å². The molecule has 0 aromatic carbocycles. The van der Waals surface area contributed by atoms with Gasteiger partial charge < -0.3 is 10.2 Å². The van der Waals surface area contributed by atoms with Crippen LogP contribution < -0.4 is 0 Å². The Hall–Kier alpha value is -1.42. The van der Waals surface area contributed by atoms with Crippen LogP contribution in [0.3, 0.4) is 0 Å². The van der Waals surface area contributed by atoms with E-state index >= 15 is 0 Å². The molecule has 4 heteroatoms. The van der Waals surface area contributed by atoms with Crippen LogP contribution in [0.5, 0.6) is 5.75 Å². The van der Waals surface area contributed by atoms with E-state index in [1.54, 1.807) is 19.3 Å². The van der Waals surface area contributed by atoms with Crippen molar-refractivity contribution in [3.05, 3.63) is 23.0 Å². The summed E-state index contributed by atoms with van der Waals surface area (Å²) < 4.78 is 0. The van der Waals surface area contributed by atoms with Crippen molar-refractivity contribution in [3.63, 3.8) is 0 Å². The number of aliphatic hydroxyl groups is 1. The number of hydrogen-bond acceptors (Lipinski definition) is 4. The van der Waals surface area contributed by atoms with Crippen molar-refractivity contribution in [1.82, 2.24) is 4.98 Å². The van der Waals surface area contributed by atoms with E-state index in [1.807, 2.05) is 0 Å². The standard InChI is InChI=1S/C16H24N2O2/c1-10-5-4-6-15(11(10)2)18-8-14-13(9-19)7-17-12(3)16(14)20/h7-8,10-11,15,19-20H,4-6,9H2,1-3H3/t10-,11-,15+/m0/s1. The monoisotopic (exact) mass is 276 g/mol. The Morgan fingerprint density at radius 2 is 2.15 bits per heavy atom. The smallest absolute Gasteiger partial charge is 0.145 e. The van der Waals surface area contributed by atoms with Gasteiger partial charge in [-0.15, -0.1) is 0 Å². The predicted molar refractivity (Wildman–Crippen MR) is 80.1 cm³/mol. The summed E-state index contributed by atoms with van der Waals surface area (Å²) in [6, 6.07) is 0.304. The molecule has 4 nitrogen and oxygen atoms in total. The van der Waals surface area contributed by atoms with Crippen molar-refractivity contribution < 1.29 is 10.2 Å². The van der Waals surface area contributed by atoms with Crippen molar-refractivity contribution in [2.45, 2.75) is 52.7 Å². The number of aromatic hydroxyl groups is 1. The second-order valence-corrected chi connectivity index (χ2v) is 5.90. The Labute approximate surface area is 120 Å². The molecule has 1 aromatic rings. The molecule has 1 saturated carbocycles. The zero-order valence-corrected chi connectivity index (χ0v) is 12.5. The highest BCUT2D eigenvalue weighted by atomic mass is 16.3. The first-order chi connectivity index (χ1) is 9.54. The van der Waals surface area contributed by atoms with Crippen LogP contribution in [-0.4, -0.2) is 27.5 Å². The molecule has 110 valence electrons. The number of aliphatic imine (C=N–C) groups is 1. The van der Waals surface area contributed by atoms with Crippen molar-refractivity contribution >= 4 is 6.21 Å². The maximum atomic E-state index is 10.1. The molecule has 0 saturated heterocycles. The summed E-state index contributed by atoms with van der Waals surface area (Å²) >= 11 is 0. The van der Waals surface area contributed by atoms with Gasteiger partial charge >= 0.3 is 0 Å². The molecule has 20 heavy (non-hydrogen) atoms. The van der Waals surface area contributed by atoms with Gasteiger partial charge in [0, 0.05) is 23.5 Å². The topological polar surface area (TPSA) is 65.7 Å². The minimum atomic E-state index is -0.140. The molecule has 0 radical (unpaired) electrons. The first kappa shape index (κ1) is 15.0. The summed E-state index contributed by atoms with van der Waals surface area (Å²) in [4.78, 5) is 8.73. The summed E-state index contributed by atoms with van der Waals surface area (Å²) in [5.74, 6) is 1.37. The lowest BCUT2D eigenvalue weighted by Gasteiger charge is -2.31. The zero-order chi connectivity index (χ0) is 14.7. The van der Waals surface area contributed by atoms with E-state index in [-0.39, 0.29) is 12.4 Å². The average molecular weight is 276 g/mol. The summed E-state index contributed by atoms with van der Waals surface area (Å²) in [5, 5.41) is 19.4. The van der Waals surface area contributed by atoms with Gasteiger partial charge in [-0.2, -0.15) is 0 Å². The van der Waals surface area contributed by atoms with Crippen molar-refractivity contribution in [2.24, 2.45) is 16.8 Å². The fourth-order valence-corrected chi connectivity index (χ4v) is 2.86. The Kier molecular flexibility index (Phi) is 4.76. The number of rotatable bonds is 3. The quantitative estimate of drug-likeness (QED) is 0.834. The first-order valence-corrected chi connectivity index (χ1v) is 7.36. The Balaban J connectivity index is 2.25. The molecule has 2 rings (SSSR count). The molecule has 0 spiro atoms. The highest BCUT2D eigenvalue weighted by Gasteiger charge is 2.26. The van der Waals surface area contributed by atoms with Crippen LogP contribution in [0.15, 0.2) is 11.2 Å². The van der Waals surface area contributed by atoms with Crippen LogP contribution in [-0.2, 0) is 6.61 Å². The number of nitrogens with zero attached hydrogens (tertiary/aromatic N) is 2. The molecule has 0 aliphatic heterocycles. The third kappa shape index (κ3) is 3.01. The molecule has 2 N–H and O–H groups in total. The molecule has 3 atom stereocenters. The molecular weight excluding hydrogens is 252 g/mol. The second-order valence-electron chi connectivity index (χ2n) is 5.90. The lowest BCUT2D eigenvalue weighted by molar-refractivity contribution is 0.242. The normalized spacial score (nSPS) is 27.1. The third-order valence-corrected chi connectivity index (χ3v) is 4.59. The Morgan fingerprint density at radius 3 is 2.85 bits per heavy atom. The SMILES string of the molecule is Cc1ncc(CO)c(C=N[C@@H]2CCC[C@H](C)[C@@H]2C)c1O. The van der Waals surface area contributed by atoms with Gasteiger partial charge in [0.25, 0.3) is 0 Å². The van der Waals surface area contributed by atoms with Gasteiger partial charge in [0.1, 0.15) is 5.75 Å². The lowest BCUT2D eigenvalue weighted by atomic mass is 9.78. The molecular formula is C16H24N2O2. The molecule has 1 heterocycles. The van der Waals surface area contributed by atoms with Gasteiger partial charge in [-0.3, -0.25) is 9.98 Å². The van der Waals surface area contributed by atoms with E-state index in [1.165, 1.54) is 12.8 Å². The zero-order valence-electron chi connectivity index (χ0n) is 12.5. The van der Waals surface area contributed by atoms with Gasteiger partial charge in [0.2, 0.25) is 0 Å². The molecule has 0 amide bonds. The fourth-order valence-electron chi connectivity index (χ4n) is 2.86. The van der Waals surface area contributed by atoms with Gasteiger partial charge in [0.15, 0.2) is 0 Å². The second kappa shape index (κ2) is 6.35. The first-order valence-electron chi connectivity index (χ1n) is 7.36. The minimum absolute atomic E-state index is 0.122. The molecule has 1 fully saturated rings. The largest absolute Gasteiger partial charge is 0.505 e. The maximum Gasteiger partial charge on any atom is 0.145 e. The summed E-state index contributed by atoms with van der Waals surface area (Å²) in [5.41, 5.74) is 1.78. The highest BCUT2D eigenvalue weighted by molar-refractivity contribution is 5.85. The molecule has 1 aliphatic rings. The van der Waals surface area contributed by atoms with Gasteiger partial charge in [-0.05, 0) is 25.2 Å². The minimum Gasteiger partial charge on any atom is -0.505 e. The lowest BCUT2D eigenvalue weighted by Crippen LogP contribution is -2.27. The Bertz CT molecular complexity index is 499. The van der Waals surface area contributed by atoms with Crippen molar-refractivity contribution in [1.29, 1.82) is 0 Å². The fraction of sp³-hybridized carbons (Fsp3) is 0.625. The van der Waals surface area contributed by atoms with Gasteiger partial charge in [0.05, 0.1) is 18.3 Å². The van der Waals surface area contributed by atoms with Crippen LogP contribution in [0.25, 0.3) is 0 Å². The van der Waals surface area contributed by atoms with E-state index in [4.69, 9.17) is 0 Å². The third-order valence-electron chi connectivity index (χ3n) is 4.59. The van der Waals surface area contributed by atoms with E-state index in [9.17, 15) is 10.2 Å². The molecule has 0 bridgehead atoms. The number of aromatic nitrogens is 1. The number of hydrogen-bond donors (Lipinski definition) is 2. The predicted octanol–water partition coefficient (Wildman–Crippen LogP) is 2.83. The van der Waals surface area contributed by atoms with Crippen LogP contribution in [0, 0.1) is 18.8 Å². The highest BCUT2D eigenvalue weighted by Crippen LogP contribution is 2.32. The number of pyridine rings is 1. The van der Waals surface area contributed by atoms with E-state index in [2.05, 4.69) is 23.8 Å². The molecule has 0 unspecified atom stereocenters. The van der Waals surface area contributed by atoms with Crippen molar-refractivity contribution in [2.75, 3.05) is 0 Å². The number of aliphatic hydroxyl groups excluding tert-OH is 1. The summed E-state index contributed by atoms with van der Waals surface area (Å²) in [6.45, 7) is 6.13. The van der Waals surface area contributed by atoms with Crippen LogP contribution in [0.1, 0.15) is 49.9 Å². The summed E-state index contributed by atoms with van der Waals surface area (Å²) in [7, 11) is 0. The maximum absolute atomic E-state index is 10.1. The molecule has 1 aromatic heterocycles. The van der Waals surface area contributed by atoms with E-state index in [0.717, 1.165) is 6.42 Å². The van der Waals surface area contributed by atoms with Crippen LogP contribution in [0.4, 0.5) is 0 Å². The van der Waals surface area contributed by atoms with E-state index in [0.29, 0.717) is 34.7 Å².